The van der Waals surface area contributed by atoms with Crippen LogP contribution in [0.3, 0.4) is 0 Å². The second-order valence-corrected chi connectivity index (χ2v) is 5.87. The Morgan fingerprint density at radius 1 is 1.24 bits per heavy atom. The molecule has 1 rings (SSSR count). The zero-order valence-electron chi connectivity index (χ0n) is 14.2. The molecular formula is C16H22F3N3O3. The van der Waals surface area contributed by atoms with Crippen LogP contribution < -0.4 is 16.0 Å². The zero-order chi connectivity index (χ0) is 19.2. The lowest BCUT2D eigenvalue weighted by atomic mass is 10.1. The summed E-state index contributed by atoms with van der Waals surface area (Å²) in [5, 5.41) is 16.0. The molecule has 0 aliphatic heterocycles. The molecule has 2 unspecified atom stereocenters. The highest BCUT2D eigenvalue weighted by atomic mass is 19.4. The van der Waals surface area contributed by atoms with Crippen molar-refractivity contribution in [1.29, 1.82) is 0 Å². The van der Waals surface area contributed by atoms with Crippen molar-refractivity contribution >= 4 is 17.6 Å². The molecule has 0 bridgehead atoms. The molecule has 9 heteroatoms. The van der Waals surface area contributed by atoms with Crippen molar-refractivity contribution in [2.75, 3.05) is 18.5 Å². The third-order valence-corrected chi connectivity index (χ3v) is 3.70. The van der Waals surface area contributed by atoms with E-state index in [-0.39, 0.29) is 24.1 Å². The van der Waals surface area contributed by atoms with Gasteiger partial charge in [-0.05, 0) is 37.5 Å². The zero-order valence-corrected chi connectivity index (χ0v) is 14.2. The Morgan fingerprint density at radius 3 is 2.44 bits per heavy atom. The maximum atomic E-state index is 12.2. The van der Waals surface area contributed by atoms with Gasteiger partial charge in [-0.3, -0.25) is 4.79 Å². The molecule has 140 valence electrons. The Balaban J connectivity index is 2.77. The Hall–Kier alpha value is -2.29. The topological polar surface area (TPSA) is 90.5 Å². The van der Waals surface area contributed by atoms with Gasteiger partial charge >= 0.3 is 12.2 Å². The smallest absolute Gasteiger partial charge is 0.396 e. The Kier molecular flexibility index (Phi) is 7.22. The van der Waals surface area contributed by atoms with Crippen molar-refractivity contribution in [3.63, 3.8) is 0 Å². The molecule has 4 N–H and O–H groups in total. The number of hydrogen-bond donors (Lipinski definition) is 4. The van der Waals surface area contributed by atoms with Gasteiger partial charge in [-0.2, -0.15) is 13.2 Å². The summed E-state index contributed by atoms with van der Waals surface area (Å²) >= 11 is 0. The molecule has 25 heavy (non-hydrogen) atoms. The molecule has 0 fully saturated rings. The van der Waals surface area contributed by atoms with E-state index in [1.54, 1.807) is 26.1 Å². The van der Waals surface area contributed by atoms with E-state index >= 15 is 0 Å². The van der Waals surface area contributed by atoms with Crippen molar-refractivity contribution in [2.24, 2.45) is 5.92 Å². The molecule has 0 aliphatic carbocycles. The predicted octanol–water partition coefficient (Wildman–Crippen LogP) is 2.43. The number of rotatable bonds is 6. The van der Waals surface area contributed by atoms with Crippen LogP contribution in [0.25, 0.3) is 0 Å². The maximum Gasteiger partial charge on any atom is 0.405 e. The molecule has 1 aromatic rings. The molecule has 0 saturated carbocycles. The summed E-state index contributed by atoms with van der Waals surface area (Å²) in [6.07, 6.45) is -4.50. The molecule has 2 atom stereocenters. The SMILES string of the molecule is Cc1ccc(C(=O)NCC(F)(F)F)cc1NC(=O)NC(C)C(C)CO. The molecule has 3 amide bonds. The molecule has 0 heterocycles. The van der Waals surface area contributed by atoms with Crippen LogP contribution in [0.2, 0.25) is 0 Å². The first-order valence-corrected chi connectivity index (χ1v) is 7.67. The highest BCUT2D eigenvalue weighted by Gasteiger charge is 2.28. The molecule has 1 aromatic carbocycles. The van der Waals surface area contributed by atoms with E-state index in [2.05, 4.69) is 10.6 Å². The number of anilines is 1. The number of alkyl halides is 3. The van der Waals surface area contributed by atoms with Gasteiger partial charge in [-0.1, -0.05) is 13.0 Å². The van der Waals surface area contributed by atoms with Crippen molar-refractivity contribution in [1.82, 2.24) is 10.6 Å². The van der Waals surface area contributed by atoms with Gasteiger partial charge < -0.3 is 21.1 Å². The summed E-state index contributed by atoms with van der Waals surface area (Å²) in [6, 6.07) is 3.38. The lowest BCUT2D eigenvalue weighted by Crippen LogP contribution is -2.41. The molecule has 0 saturated heterocycles. The Labute approximate surface area is 143 Å². The van der Waals surface area contributed by atoms with Gasteiger partial charge in [-0.15, -0.1) is 0 Å². The number of aliphatic hydroxyl groups is 1. The average molecular weight is 361 g/mol. The average Bonchev–Trinajstić information content (AvgIpc) is 2.52. The third-order valence-electron chi connectivity index (χ3n) is 3.70. The first-order chi connectivity index (χ1) is 11.5. The first kappa shape index (κ1) is 20.8. The molecule has 0 spiro atoms. The van der Waals surface area contributed by atoms with Gasteiger partial charge in [-0.25, -0.2) is 4.79 Å². The van der Waals surface area contributed by atoms with E-state index < -0.39 is 24.7 Å². The Morgan fingerprint density at radius 2 is 1.88 bits per heavy atom. The number of hydrogen-bond acceptors (Lipinski definition) is 3. The van der Waals surface area contributed by atoms with E-state index in [0.29, 0.717) is 11.3 Å². The third kappa shape index (κ3) is 7.00. The van der Waals surface area contributed by atoms with E-state index in [9.17, 15) is 22.8 Å². The van der Waals surface area contributed by atoms with E-state index in [4.69, 9.17) is 5.11 Å². The number of amides is 3. The second kappa shape index (κ2) is 8.70. The van der Waals surface area contributed by atoms with Gasteiger partial charge in [0.2, 0.25) is 0 Å². The molecular weight excluding hydrogens is 339 g/mol. The minimum absolute atomic E-state index is 0.00178. The quantitative estimate of drug-likeness (QED) is 0.627. The second-order valence-electron chi connectivity index (χ2n) is 5.87. The monoisotopic (exact) mass is 361 g/mol. The van der Waals surface area contributed by atoms with Crippen LogP contribution in [-0.4, -0.2) is 42.4 Å². The van der Waals surface area contributed by atoms with Crippen molar-refractivity contribution in [3.8, 4) is 0 Å². The minimum Gasteiger partial charge on any atom is -0.396 e. The fraction of sp³-hybridized carbons (Fsp3) is 0.500. The predicted molar refractivity (Wildman–Crippen MR) is 87.4 cm³/mol. The summed E-state index contributed by atoms with van der Waals surface area (Å²) in [6.45, 7) is 3.66. The van der Waals surface area contributed by atoms with Gasteiger partial charge in [0.15, 0.2) is 0 Å². The molecule has 6 nitrogen and oxygen atoms in total. The van der Waals surface area contributed by atoms with Gasteiger partial charge in [0.1, 0.15) is 6.54 Å². The fourth-order valence-corrected chi connectivity index (χ4v) is 1.85. The van der Waals surface area contributed by atoms with Crippen LogP contribution in [0.5, 0.6) is 0 Å². The van der Waals surface area contributed by atoms with Crippen molar-refractivity contribution in [2.45, 2.75) is 33.0 Å². The Bertz CT molecular complexity index is 620. The molecule has 0 aromatic heterocycles. The highest BCUT2D eigenvalue weighted by Crippen LogP contribution is 2.18. The summed E-state index contributed by atoms with van der Waals surface area (Å²) in [4.78, 5) is 23.8. The normalized spacial score (nSPS) is 13.7. The number of carbonyl (C=O) groups is 2. The van der Waals surface area contributed by atoms with E-state index in [0.717, 1.165) is 0 Å². The summed E-state index contributed by atoms with van der Waals surface area (Å²) < 4.78 is 36.5. The van der Waals surface area contributed by atoms with E-state index in [1.807, 2.05) is 0 Å². The number of aliphatic hydroxyl groups excluding tert-OH is 1. The van der Waals surface area contributed by atoms with Crippen LogP contribution in [0.15, 0.2) is 18.2 Å². The summed E-state index contributed by atoms with van der Waals surface area (Å²) in [7, 11) is 0. The summed E-state index contributed by atoms with van der Waals surface area (Å²) in [5.74, 6) is -1.03. The van der Waals surface area contributed by atoms with Crippen LogP contribution in [0.1, 0.15) is 29.8 Å². The fourth-order valence-electron chi connectivity index (χ4n) is 1.85. The lowest BCUT2D eigenvalue weighted by molar-refractivity contribution is -0.123. The number of nitrogens with one attached hydrogen (secondary N) is 3. The number of urea groups is 1. The van der Waals surface area contributed by atoms with Crippen molar-refractivity contribution in [3.05, 3.63) is 29.3 Å². The molecule has 0 radical (unpaired) electrons. The number of halogens is 3. The highest BCUT2D eigenvalue weighted by molar-refractivity contribution is 5.97. The van der Waals surface area contributed by atoms with Crippen LogP contribution in [0.4, 0.5) is 23.7 Å². The maximum absolute atomic E-state index is 12.2. The van der Waals surface area contributed by atoms with E-state index in [1.165, 1.54) is 18.2 Å². The van der Waals surface area contributed by atoms with Crippen molar-refractivity contribution < 1.29 is 27.9 Å². The van der Waals surface area contributed by atoms with Crippen LogP contribution >= 0.6 is 0 Å². The number of carbonyl (C=O) groups excluding carboxylic acids is 2. The lowest BCUT2D eigenvalue weighted by Gasteiger charge is -2.20. The number of aryl methyl sites for hydroxylation is 1. The summed E-state index contributed by atoms with van der Waals surface area (Å²) in [5.41, 5.74) is 0.952. The number of benzene rings is 1. The molecule has 0 aliphatic rings. The van der Waals surface area contributed by atoms with Gasteiger partial charge in [0.05, 0.1) is 0 Å². The van der Waals surface area contributed by atoms with Gasteiger partial charge in [0.25, 0.3) is 5.91 Å². The van der Waals surface area contributed by atoms with Crippen LogP contribution in [-0.2, 0) is 0 Å². The minimum atomic E-state index is -4.50. The standard InChI is InChI=1S/C16H22F3N3O3/c1-9-4-5-12(14(24)20-8-16(17,18)19)6-13(9)22-15(25)21-11(3)10(2)7-23/h4-6,10-11,23H,7-8H2,1-3H3,(H,20,24)(H2,21,22,25). The van der Waals surface area contributed by atoms with Gasteiger partial charge in [0, 0.05) is 23.9 Å². The van der Waals surface area contributed by atoms with Crippen LogP contribution in [0, 0.1) is 12.8 Å². The largest absolute Gasteiger partial charge is 0.405 e. The first-order valence-electron chi connectivity index (χ1n) is 7.67.